The third-order valence-electron chi connectivity index (χ3n) is 4.92. The van der Waals surface area contributed by atoms with Crippen LogP contribution in [0.1, 0.15) is 34.8 Å². The summed E-state index contributed by atoms with van der Waals surface area (Å²) in [7, 11) is 1.76. The van der Waals surface area contributed by atoms with Gasteiger partial charge in [0.15, 0.2) is 5.65 Å². The molecule has 0 spiro atoms. The fourth-order valence-corrected chi connectivity index (χ4v) is 3.39. The molecule has 3 rings (SSSR count). The minimum Gasteiger partial charge on any atom is -0.354 e. The molecule has 0 fully saturated rings. The van der Waals surface area contributed by atoms with E-state index in [0.717, 1.165) is 22.4 Å². The minimum absolute atomic E-state index is 0.0674. The van der Waals surface area contributed by atoms with Crippen LogP contribution in [0.4, 0.5) is 0 Å². The van der Waals surface area contributed by atoms with Gasteiger partial charge in [0.2, 0.25) is 5.91 Å². The van der Waals surface area contributed by atoms with E-state index in [1.807, 2.05) is 44.2 Å². The lowest BCUT2D eigenvalue weighted by atomic mass is 10.00. The summed E-state index contributed by atoms with van der Waals surface area (Å²) in [5, 5.41) is 6.20. The van der Waals surface area contributed by atoms with Crippen LogP contribution in [0.25, 0.3) is 11.0 Å². The largest absolute Gasteiger partial charge is 0.354 e. The quantitative estimate of drug-likeness (QED) is 0.616. The number of nitrogens with one attached hydrogen (secondary N) is 2. The Bertz CT molecular complexity index is 1020. The smallest absolute Gasteiger partial charge is 0.273 e. The fraction of sp³-hybridized carbons (Fsp3) is 0.350. The number of nitrogens with two attached hydrogens (primary N) is 1. The highest BCUT2D eigenvalue weighted by atomic mass is 16.1. The van der Waals surface area contributed by atoms with Crippen molar-refractivity contribution in [3.63, 3.8) is 0 Å². The highest BCUT2D eigenvalue weighted by molar-refractivity contribution is 5.81. The molecule has 1 atom stereocenters. The Labute approximate surface area is 157 Å². The molecule has 1 aromatic carbocycles. The van der Waals surface area contributed by atoms with Crippen molar-refractivity contribution in [2.24, 2.45) is 12.8 Å². The molecule has 142 valence electrons. The number of amides is 1. The summed E-state index contributed by atoms with van der Waals surface area (Å²) in [6, 6.07) is 9.44. The first-order valence-electron chi connectivity index (χ1n) is 9.00. The normalized spacial score (nSPS) is 12.3. The summed E-state index contributed by atoms with van der Waals surface area (Å²) in [6.07, 6.45) is 0.850. The van der Waals surface area contributed by atoms with Crippen LogP contribution in [0.15, 0.2) is 35.1 Å². The van der Waals surface area contributed by atoms with Crippen molar-refractivity contribution < 1.29 is 4.79 Å². The van der Waals surface area contributed by atoms with Gasteiger partial charge in [-0.3, -0.25) is 19.4 Å². The van der Waals surface area contributed by atoms with Gasteiger partial charge >= 0.3 is 0 Å². The Morgan fingerprint density at radius 3 is 2.70 bits per heavy atom. The standard InChI is InChI=1S/C20H25N5O2/c1-12-15(13(2)23-19-18(12)20(27)24-25(19)3)9-10-17(26)22-11-16(21)14-7-5-4-6-8-14/h4-8,16H,9-11,21H2,1-3H3,(H,22,26)(H,24,27). The molecule has 3 aromatic rings. The molecule has 0 aliphatic rings. The second-order valence-electron chi connectivity index (χ2n) is 6.82. The topological polar surface area (TPSA) is 106 Å². The van der Waals surface area contributed by atoms with E-state index in [-0.39, 0.29) is 17.5 Å². The van der Waals surface area contributed by atoms with Crippen molar-refractivity contribution in [3.8, 4) is 0 Å². The predicted molar refractivity (Wildman–Crippen MR) is 106 cm³/mol. The van der Waals surface area contributed by atoms with Gasteiger partial charge in [0, 0.05) is 31.7 Å². The lowest BCUT2D eigenvalue weighted by Gasteiger charge is -2.14. The second kappa shape index (κ2) is 7.75. The van der Waals surface area contributed by atoms with E-state index in [4.69, 9.17) is 5.73 Å². The predicted octanol–water partition coefficient (Wildman–Crippen LogP) is 1.63. The maximum absolute atomic E-state index is 12.3. The van der Waals surface area contributed by atoms with Gasteiger partial charge in [0.1, 0.15) is 0 Å². The van der Waals surface area contributed by atoms with Gasteiger partial charge in [0.05, 0.1) is 5.39 Å². The van der Waals surface area contributed by atoms with Crippen molar-refractivity contribution >= 4 is 16.9 Å². The first-order chi connectivity index (χ1) is 12.9. The zero-order chi connectivity index (χ0) is 19.6. The van der Waals surface area contributed by atoms with Crippen LogP contribution in [0.2, 0.25) is 0 Å². The summed E-state index contributed by atoms with van der Waals surface area (Å²) < 4.78 is 1.62. The Kier molecular flexibility index (Phi) is 5.41. The number of carbonyl (C=O) groups excluding carboxylic acids is 1. The molecule has 0 saturated carbocycles. The molecule has 2 aromatic heterocycles. The van der Waals surface area contributed by atoms with Crippen molar-refractivity contribution in [1.29, 1.82) is 0 Å². The summed E-state index contributed by atoms with van der Waals surface area (Å²) in [5.74, 6) is -0.0674. The fourth-order valence-electron chi connectivity index (χ4n) is 3.39. The number of hydrogen-bond acceptors (Lipinski definition) is 4. The van der Waals surface area contributed by atoms with E-state index in [1.165, 1.54) is 0 Å². The van der Waals surface area contributed by atoms with Gasteiger partial charge in [0.25, 0.3) is 5.56 Å². The van der Waals surface area contributed by atoms with Crippen LogP contribution < -0.4 is 16.6 Å². The molecule has 2 heterocycles. The average molecular weight is 367 g/mol. The third kappa shape index (κ3) is 3.93. The van der Waals surface area contributed by atoms with E-state index in [2.05, 4.69) is 15.4 Å². The molecule has 7 nitrogen and oxygen atoms in total. The maximum Gasteiger partial charge on any atom is 0.273 e. The molecule has 1 amide bonds. The molecule has 0 bridgehead atoms. The first-order valence-corrected chi connectivity index (χ1v) is 9.00. The molecule has 0 aliphatic carbocycles. The monoisotopic (exact) mass is 367 g/mol. The van der Waals surface area contributed by atoms with Crippen LogP contribution in [0.3, 0.4) is 0 Å². The second-order valence-corrected chi connectivity index (χ2v) is 6.82. The van der Waals surface area contributed by atoms with Gasteiger partial charge in [-0.25, -0.2) is 4.98 Å². The van der Waals surface area contributed by atoms with Crippen LogP contribution in [0, 0.1) is 13.8 Å². The van der Waals surface area contributed by atoms with Crippen molar-refractivity contribution in [2.45, 2.75) is 32.7 Å². The molecule has 0 saturated heterocycles. The van der Waals surface area contributed by atoms with Crippen molar-refractivity contribution in [2.75, 3.05) is 6.54 Å². The van der Waals surface area contributed by atoms with Crippen molar-refractivity contribution in [3.05, 3.63) is 63.1 Å². The lowest BCUT2D eigenvalue weighted by molar-refractivity contribution is -0.121. The van der Waals surface area contributed by atoms with Gasteiger partial charge in [-0.05, 0) is 37.0 Å². The lowest BCUT2D eigenvalue weighted by Crippen LogP contribution is -2.32. The number of carbonyl (C=O) groups is 1. The van der Waals surface area contributed by atoms with E-state index < -0.39 is 0 Å². The zero-order valence-electron chi connectivity index (χ0n) is 15.9. The molecule has 1 unspecified atom stereocenters. The summed E-state index contributed by atoms with van der Waals surface area (Å²) in [4.78, 5) is 28.9. The number of fused-ring (bicyclic) bond motifs is 1. The average Bonchev–Trinajstić information content (AvgIpc) is 2.93. The Hall–Kier alpha value is -2.93. The number of benzene rings is 1. The van der Waals surface area contributed by atoms with Gasteiger partial charge < -0.3 is 11.1 Å². The SMILES string of the molecule is Cc1nc2c(c(C)c1CCC(=O)NCC(N)c1ccccc1)c(=O)[nH]n2C. The highest BCUT2D eigenvalue weighted by Gasteiger charge is 2.16. The maximum atomic E-state index is 12.3. The van der Waals surface area contributed by atoms with Gasteiger partial charge in [-0.15, -0.1) is 0 Å². The van der Waals surface area contributed by atoms with Crippen molar-refractivity contribution in [1.82, 2.24) is 20.1 Å². The molecular weight excluding hydrogens is 342 g/mol. The summed E-state index contributed by atoms with van der Waals surface area (Å²) in [6.45, 7) is 4.20. The molecule has 27 heavy (non-hydrogen) atoms. The molecule has 0 radical (unpaired) electrons. The third-order valence-corrected chi connectivity index (χ3v) is 4.92. The minimum atomic E-state index is -0.237. The number of H-pyrrole nitrogens is 1. The number of aryl methyl sites for hydroxylation is 3. The molecule has 4 N–H and O–H groups in total. The Balaban J connectivity index is 1.65. The molecule has 7 heteroatoms. The molecule has 0 aliphatic heterocycles. The first kappa shape index (κ1) is 18.8. The number of aromatic nitrogens is 3. The number of pyridine rings is 1. The van der Waals surface area contributed by atoms with Gasteiger partial charge in [-0.2, -0.15) is 0 Å². The van der Waals surface area contributed by atoms with Crippen LogP contribution in [0.5, 0.6) is 0 Å². The summed E-state index contributed by atoms with van der Waals surface area (Å²) in [5.41, 5.74) is 10.2. The van der Waals surface area contributed by atoms with E-state index >= 15 is 0 Å². The zero-order valence-corrected chi connectivity index (χ0v) is 15.9. The van der Waals surface area contributed by atoms with Crippen LogP contribution >= 0.6 is 0 Å². The van der Waals surface area contributed by atoms with E-state index in [0.29, 0.717) is 30.4 Å². The Morgan fingerprint density at radius 2 is 2.00 bits per heavy atom. The number of rotatable bonds is 6. The van der Waals surface area contributed by atoms with E-state index in [9.17, 15) is 9.59 Å². The molecular formula is C20H25N5O2. The van der Waals surface area contributed by atoms with E-state index in [1.54, 1.807) is 11.7 Å². The number of aromatic amines is 1. The highest BCUT2D eigenvalue weighted by Crippen LogP contribution is 2.21. The number of nitrogens with zero attached hydrogens (tertiary/aromatic N) is 2. The van der Waals surface area contributed by atoms with Crippen LogP contribution in [-0.2, 0) is 18.3 Å². The van der Waals surface area contributed by atoms with Gasteiger partial charge in [-0.1, -0.05) is 30.3 Å². The summed E-state index contributed by atoms with van der Waals surface area (Å²) >= 11 is 0. The Morgan fingerprint density at radius 1 is 1.30 bits per heavy atom. The number of hydrogen-bond donors (Lipinski definition) is 3. The van der Waals surface area contributed by atoms with Crippen LogP contribution in [-0.4, -0.2) is 27.2 Å².